The van der Waals surface area contributed by atoms with Crippen LogP contribution in [-0.4, -0.2) is 29.3 Å². The van der Waals surface area contributed by atoms with Crippen molar-refractivity contribution in [1.82, 2.24) is 10.2 Å². The molecular formula is C18H24N2O2. The lowest BCUT2D eigenvalue weighted by atomic mass is 10.1. The van der Waals surface area contributed by atoms with Gasteiger partial charge in [0.15, 0.2) is 0 Å². The van der Waals surface area contributed by atoms with Crippen molar-refractivity contribution in [2.75, 3.05) is 6.54 Å². The van der Waals surface area contributed by atoms with Crippen molar-refractivity contribution in [2.24, 2.45) is 11.8 Å². The molecule has 1 fully saturated rings. The van der Waals surface area contributed by atoms with E-state index in [0.717, 1.165) is 5.56 Å². The van der Waals surface area contributed by atoms with Gasteiger partial charge in [-0.2, -0.15) is 0 Å². The van der Waals surface area contributed by atoms with E-state index in [-0.39, 0.29) is 29.7 Å². The normalized spacial score (nSPS) is 19.6. The van der Waals surface area contributed by atoms with E-state index in [1.807, 2.05) is 49.1 Å². The molecule has 2 unspecified atom stereocenters. The van der Waals surface area contributed by atoms with Crippen LogP contribution in [0.5, 0.6) is 0 Å². The van der Waals surface area contributed by atoms with Crippen LogP contribution in [0, 0.1) is 11.8 Å². The second-order valence-corrected chi connectivity index (χ2v) is 6.03. The van der Waals surface area contributed by atoms with Crippen LogP contribution in [0.3, 0.4) is 0 Å². The van der Waals surface area contributed by atoms with Crippen LogP contribution < -0.4 is 5.32 Å². The van der Waals surface area contributed by atoms with Gasteiger partial charge in [-0.25, -0.2) is 0 Å². The Morgan fingerprint density at radius 2 is 2.00 bits per heavy atom. The Labute approximate surface area is 132 Å². The lowest BCUT2D eigenvalue weighted by molar-refractivity contribution is -0.136. The average Bonchev–Trinajstić information content (AvgIpc) is 3.31. The molecular weight excluding hydrogens is 276 g/mol. The minimum absolute atomic E-state index is 0.0401. The summed E-state index contributed by atoms with van der Waals surface area (Å²) in [5, 5.41) is 2.77. The van der Waals surface area contributed by atoms with Gasteiger partial charge in [-0.3, -0.25) is 9.59 Å². The lowest BCUT2D eigenvalue weighted by Gasteiger charge is -2.27. The van der Waals surface area contributed by atoms with E-state index in [4.69, 9.17) is 0 Å². The SMILES string of the molecule is C=CCNC(=O)C1CC1C(=O)N(Cc1ccccc1)C(C)C. The van der Waals surface area contributed by atoms with Gasteiger partial charge in [-0.15, -0.1) is 6.58 Å². The van der Waals surface area contributed by atoms with Crippen molar-refractivity contribution in [1.29, 1.82) is 0 Å². The molecule has 4 heteroatoms. The molecule has 0 bridgehead atoms. The molecule has 2 amide bonds. The lowest BCUT2D eigenvalue weighted by Crippen LogP contribution is -2.38. The Morgan fingerprint density at radius 1 is 1.32 bits per heavy atom. The molecule has 1 aromatic rings. The summed E-state index contributed by atoms with van der Waals surface area (Å²) in [6.45, 7) is 8.64. The summed E-state index contributed by atoms with van der Waals surface area (Å²) in [6, 6.07) is 10.1. The van der Waals surface area contributed by atoms with Crippen molar-refractivity contribution in [3.63, 3.8) is 0 Å². The number of nitrogens with zero attached hydrogens (tertiary/aromatic N) is 1. The molecule has 0 radical (unpaired) electrons. The number of benzene rings is 1. The number of carbonyl (C=O) groups excluding carboxylic acids is 2. The van der Waals surface area contributed by atoms with Gasteiger partial charge in [0, 0.05) is 19.1 Å². The van der Waals surface area contributed by atoms with Crippen LogP contribution in [0.25, 0.3) is 0 Å². The van der Waals surface area contributed by atoms with E-state index in [9.17, 15) is 9.59 Å². The molecule has 1 aliphatic carbocycles. The maximum absolute atomic E-state index is 12.7. The van der Waals surface area contributed by atoms with Gasteiger partial charge < -0.3 is 10.2 Å². The third-order valence-electron chi connectivity index (χ3n) is 3.97. The molecule has 2 atom stereocenters. The zero-order valence-electron chi connectivity index (χ0n) is 13.3. The fourth-order valence-electron chi connectivity index (χ4n) is 2.57. The maximum atomic E-state index is 12.7. The summed E-state index contributed by atoms with van der Waals surface area (Å²) >= 11 is 0. The van der Waals surface area contributed by atoms with E-state index >= 15 is 0 Å². The Balaban J connectivity index is 1.97. The van der Waals surface area contributed by atoms with Gasteiger partial charge in [0.25, 0.3) is 0 Å². The molecule has 22 heavy (non-hydrogen) atoms. The predicted molar refractivity (Wildman–Crippen MR) is 86.9 cm³/mol. The fourth-order valence-corrected chi connectivity index (χ4v) is 2.57. The number of hydrogen-bond acceptors (Lipinski definition) is 2. The van der Waals surface area contributed by atoms with E-state index in [1.165, 1.54) is 0 Å². The fraction of sp³-hybridized carbons (Fsp3) is 0.444. The summed E-state index contributed by atoms with van der Waals surface area (Å²) in [5.74, 6) is -0.306. The van der Waals surface area contributed by atoms with Crippen LogP contribution >= 0.6 is 0 Å². The highest BCUT2D eigenvalue weighted by Crippen LogP contribution is 2.40. The smallest absolute Gasteiger partial charge is 0.227 e. The molecule has 0 aliphatic heterocycles. The van der Waals surface area contributed by atoms with E-state index in [0.29, 0.717) is 19.5 Å². The minimum atomic E-state index is -0.176. The number of rotatable bonds is 7. The van der Waals surface area contributed by atoms with Gasteiger partial charge in [0.05, 0.1) is 11.8 Å². The standard InChI is InChI=1S/C18H24N2O2/c1-4-10-19-17(21)15-11-16(15)18(22)20(13(2)3)12-14-8-6-5-7-9-14/h4-9,13,15-16H,1,10-12H2,2-3H3,(H,19,21). The second kappa shape index (κ2) is 7.25. The van der Waals surface area contributed by atoms with Gasteiger partial charge >= 0.3 is 0 Å². The molecule has 0 saturated heterocycles. The second-order valence-electron chi connectivity index (χ2n) is 6.03. The first-order chi connectivity index (χ1) is 10.5. The van der Waals surface area contributed by atoms with Crippen LogP contribution in [0.4, 0.5) is 0 Å². The Morgan fingerprint density at radius 3 is 2.59 bits per heavy atom. The first-order valence-electron chi connectivity index (χ1n) is 7.77. The quantitative estimate of drug-likeness (QED) is 0.786. The molecule has 0 heterocycles. The monoisotopic (exact) mass is 300 g/mol. The number of amides is 2. The molecule has 1 N–H and O–H groups in total. The number of carbonyl (C=O) groups is 2. The molecule has 0 spiro atoms. The van der Waals surface area contributed by atoms with Crippen LogP contribution in [0.1, 0.15) is 25.8 Å². The largest absolute Gasteiger partial charge is 0.352 e. The first-order valence-corrected chi connectivity index (χ1v) is 7.77. The first kappa shape index (κ1) is 16.3. The van der Waals surface area contributed by atoms with Crippen molar-refractivity contribution < 1.29 is 9.59 Å². The molecule has 1 aliphatic rings. The van der Waals surface area contributed by atoms with Crippen LogP contribution in [0.2, 0.25) is 0 Å². The number of nitrogens with one attached hydrogen (secondary N) is 1. The Kier molecular flexibility index (Phi) is 5.36. The maximum Gasteiger partial charge on any atom is 0.227 e. The van der Waals surface area contributed by atoms with Crippen molar-refractivity contribution in [3.05, 3.63) is 48.6 Å². The average molecular weight is 300 g/mol. The zero-order valence-corrected chi connectivity index (χ0v) is 13.3. The third-order valence-corrected chi connectivity index (χ3v) is 3.97. The molecule has 1 saturated carbocycles. The molecule has 4 nitrogen and oxygen atoms in total. The molecule has 2 rings (SSSR count). The predicted octanol–water partition coefficient (Wildman–Crippen LogP) is 2.36. The van der Waals surface area contributed by atoms with E-state index < -0.39 is 0 Å². The van der Waals surface area contributed by atoms with Crippen molar-refractivity contribution >= 4 is 11.8 Å². The van der Waals surface area contributed by atoms with Crippen molar-refractivity contribution in [3.8, 4) is 0 Å². The van der Waals surface area contributed by atoms with Gasteiger partial charge in [-0.1, -0.05) is 36.4 Å². The third kappa shape index (κ3) is 3.97. The summed E-state index contributed by atoms with van der Waals surface area (Å²) in [5.41, 5.74) is 1.11. The Bertz CT molecular complexity index is 539. The highest BCUT2D eigenvalue weighted by Gasteiger charge is 2.49. The Hall–Kier alpha value is -2.10. The van der Waals surface area contributed by atoms with Crippen LogP contribution in [0.15, 0.2) is 43.0 Å². The summed E-state index contributed by atoms with van der Waals surface area (Å²) < 4.78 is 0. The van der Waals surface area contributed by atoms with Gasteiger partial charge in [-0.05, 0) is 25.8 Å². The van der Waals surface area contributed by atoms with Crippen LogP contribution in [-0.2, 0) is 16.1 Å². The summed E-state index contributed by atoms with van der Waals surface area (Å²) in [7, 11) is 0. The minimum Gasteiger partial charge on any atom is -0.352 e. The van der Waals surface area contributed by atoms with E-state index in [2.05, 4.69) is 11.9 Å². The molecule has 0 aromatic heterocycles. The zero-order chi connectivity index (χ0) is 16.1. The molecule has 118 valence electrons. The van der Waals surface area contributed by atoms with Gasteiger partial charge in [0.2, 0.25) is 11.8 Å². The highest BCUT2D eigenvalue weighted by atomic mass is 16.2. The molecule has 1 aromatic carbocycles. The van der Waals surface area contributed by atoms with Gasteiger partial charge in [0.1, 0.15) is 0 Å². The summed E-state index contributed by atoms with van der Waals surface area (Å²) in [4.78, 5) is 26.4. The highest BCUT2D eigenvalue weighted by molar-refractivity contribution is 5.92. The van der Waals surface area contributed by atoms with Crippen molar-refractivity contribution in [2.45, 2.75) is 32.9 Å². The topological polar surface area (TPSA) is 49.4 Å². The summed E-state index contributed by atoms with van der Waals surface area (Å²) in [6.07, 6.45) is 2.30. The number of hydrogen-bond donors (Lipinski definition) is 1. The van der Waals surface area contributed by atoms with E-state index in [1.54, 1.807) is 6.08 Å².